The second-order valence-corrected chi connectivity index (χ2v) is 6.22. The summed E-state index contributed by atoms with van der Waals surface area (Å²) in [5, 5.41) is 13.4. The van der Waals surface area contributed by atoms with E-state index >= 15 is 0 Å². The van der Waals surface area contributed by atoms with E-state index in [0.29, 0.717) is 6.54 Å². The summed E-state index contributed by atoms with van der Waals surface area (Å²) in [6.07, 6.45) is -0.701. The van der Waals surface area contributed by atoms with E-state index in [1.54, 1.807) is 4.90 Å². The van der Waals surface area contributed by atoms with Gasteiger partial charge in [0.25, 0.3) is 0 Å². The topological polar surface area (TPSA) is 52.6 Å². The molecule has 16 heavy (non-hydrogen) atoms. The summed E-state index contributed by atoms with van der Waals surface area (Å²) in [4.78, 5) is 13.8. The Morgan fingerprint density at radius 1 is 1.31 bits per heavy atom. The Hall–Kier alpha value is -0.610. The summed E-state index contributed by atoms with van der Waals surface area (Å²) in [5.74, 6) is 0.0154. The van der Waals surface area contributed by atoms with Crippen molar-refractivity contribution >= 4 is 5.91 Å². The fraction of sp³-hybridized carbons (Fsp3) is 0.917. The van der Waals surface area contributed by atoms with Crippen molar-refractivity contribution in [3.8, 4) is 0 Å². The van der Waals surface area contributed by atoms with Crippen molar-refractivity contribution in [1.29, 1.82) is 0 Å². The van der Waals surface area contributed by atoms with Crippen LogP contribution in [0.4, 0.5) is 0 Å². The number of carbonyl (C=O) groups excluding carboxylic acids is 1. The molecule has 0 bridgehead atoms. The first-order valence-electron chi connectivity index (χ1n) is 5.85. The highest BCUT2D eigenvalue weighted by Gasteiger charge is 2.45. The van der Waals surface area contributed by atoms with Gasteiger partial charge in [-0.3, -0.25) is 10.1 Å². The molecule has 1 saturated heterocycles. The van der Waals surface area contributed by atoms with Crippen LogP contribution >= 0.6 is 0 Å². The number of carbonyl (C=O) groups is 1. The molecule has 1 aliphatic heterocycles. The van der Waals surface area contributed by atoms with Crippen molar-refractivity contribution < 1.29 is 9.90 Å². The monoisotopic (exact) mass is 228 g/mol. The van der Waals surface area contributed by atoms with Crippen molar-refractivity contribution in [2.75, 3.05) is 6.54 Å². The number of hydrogen-bond acceptors (Lipinski definition) is 3. The number of piperazine rings is 1. The lowest BCUT2D eigenvalue weighted by molar-refractivity contribution is -0.159. The lowest BCUT2D eigenvalue weighted by Gasteiger charge is -2.49. The van der Waals surface area contributed by atoms with Crippen molar-refractivity contribution in [2.45, 2.75) is 58.8 Å². The number of nitrogens with one attached hydrogen (secondary N) is 1. The Bertz CT molecular complexity index is 285. The Labute approximate surface area is 98.0 Å². The smallest absolute Gasteiger partial charge is 0.244 e. The van der Waals surface area contributed by atoms with Crippen molar-refractivity contribution in [2.24, 2.45) is 5.92 Å². The molecular weight excluding hydrogens is 204 g/mol. The minimum atomic E-state index is -0.701. The van der Waals surface area contributed by atoms with Gasteiger partial charge in [0, 0.05) is 12.1 Å². The molecule has 4 heteroatoms. The Balaban J connectivity index is 2.96. The van der Waals surface area contributed by atoms with Gasteiger partial charge in [0.15, 0.2) is 0 Å². The van der Waals surface area contributed by atoms with Crippen LogP contribution in [0.15, 0.2) is 0 Å². The number of aliphatic hydroxyl groups is 1. The molecule has 0 aromatic carbocycles. The van der Waals surface area contributed by atoms with Gasteiger partial charge in [0.2, 0.25) is 5.91 Å². The maximum atomic E-state index is 12.2. The van der Waals surface area contributed by atoms with E-state index in [4.69, 9.17) is 0 Å². The molecule has 0 aromatic heterocycles. The minimum absolute atomic E-state index is 0.0342. The summed E-state index contributed by atoms with van der Waals surface area (Å²) in [6, 6.07) is 0. The van der Waals surface area contributed by atoms with E-state index in [1.807, 2.05) is 41.5 Å². The first kappa shape index (κ1) is 13.5. The fourth-order valence-electron chi connectivity index (χ4n) is 2.37. The maximum absolute atomic E-state index is 12.2. The van der Waals surface area contributed by atoms with Gasteiger partial charge in [0.05, 0.1) is 5.54 Å². The van der Waals surface area contributed by atoms with Crippen molar-refractivity contribution in [3.63, 3.8) is 0 Å². The predicted molar refractivity (Wildman–Crippen MR) is 63.9 cm³/mol. The third-order valence-corrected chi connectivity index (χ3v) is 2.93. The Kier molecular flexibility index (Phi) is 3.37. The van der Waals surface area contributed by atoms with Crippen LogP contribution < -0.4 is 5.32 Å². The molecule has 2 N–H and O–H groups in total. The molecule has 94 valence electrons. The summed E-state index contributed by atoms with van der Waals surface area (Å²) in [5.41, 5.74) is -0.787. The maximum Gasteiger partial charge on any atom is 0.244 e. The molecule has 0 radical (unpaired) electrons. The number of amides is 1. The van der Waals surface area contributed by atoms with Crippen LogP contribution in [0.25, 0.3) is 0 Å². The summed E-state index contributed by atoms with van der Waals surface area (Å²) in [7, 11) is 0. The lowest BCUT2D eigenvalue weighted by atomic mass is 9.89. The SMILES string of the molecule is CC(C)C(O)N1CC(C)(C)NC(C)(C)C1=O. The first-order valence-corrected chi connectivity index (χ1v) is 5.85. The van der Waals surface area contributed by atoms with E-state index in [-0.39, 0.29) is 17.4 Å². The second-order valence-electron chi connectivity index (χ2n) is 6.22. The quantitative estimate of drug-likeness (QED) is 0.740. The van der Waals surface area contributed by atoms with Gasteiger partial charge >= 0.3 is 0 Å². The number of rotatable bonds is 2. The summed E-state index contributed by atoms with van der Waals surface area (Å²) >= 11 is 0. The molecule has 1 rings (SSSR count). The molecule has 1 amide bonds. The van der Waals surface area contributed by atoms with E-state index in [0.717, 1.165) is 0 Å². The van der Waals surface area contributed by atoms with Crippen molar-refractivity contribution in [3.05, 3.63) is 0 Å². The zero-order valence-corrected chi connectivity index (χ0v) is 11.2. The van der Waals surface area contributed by atoms with Gasteiger partial charge in [-0.05, 0) is 33.6 Å². The molecule has 0 spiro atoms. The van der Waals surface area contributed by atoms with E-state index < -0.39 is 11.8 Å². The number of hydrogen-bond donors (Lipinski definition) is 2. The summed E-state index contributed by atoms with van der Waals surface area (Å²) in [6.45, 7) is 12.2. The van der Waals surface area contributed by atoms with Crippen molar-refractivity contribution in [1.82, 2.24) is 10.2 Å². The molecule has 0 aromatic rings. The predicted octanol–water partition coefficient (Wildman–Crippen LogP) is 0.950. The van der Waals surface area contributed by atoms with Gasteiger partial charge in [-0.25, -0.2) is 0 Å². The van der Waals surface area contributed by atoms with Crippen LogP contribution in [0.2, 0.25) is 0 Å². The van der Waals surface area contributed by atoms with Gasteiger partial charge in [-0.2, -0.15) is 0 Å². The molecule has 0 saturated carbocycles. The average Bonchev–Trinajstić information content (AvgIpc) is 2.08. The standard InChI is InChI=1S/C12H24N2O2/c1-8(2)9(15)14-7-11(3,4)13-12(5,6)10(14)16/h8-9,13,15H,7H2,1-6H3. The second kappa shape index (κ2) is 4.00. The van der Waals surface area contributed by atoms with Crippen LogP contribution in [-0.4, -0.2) is 39.8 Å². The minimum Gasteiger partial charge on any atom is -0.373 e. The fourth-order valence-corrected chi connectivity index (χ4v) is 2.37. The number of aliphatic hydroxyl groups excluding tert-OH is 1. The van der Waals surface area contributed by atoms with Crippen LogP contribution in [0, 0.1) is 5.92 Å². The molecular formula is C12H24N2O2. The lowest BCUT2D eigenvalue weighted by Crippen LogP contribution is -2.71. The van der Waals surface area contributed by atoms with Crippen LogP contribution in [-0.2, 0) is 4.79 Å². The molecule has 0 aliphatic carbocycles. The zero-order valence-electron chi connectivity index (χ0n) is 11.2. The normalized spacial score (nSPS) is 26.0. The third-order valence-electron chi connectivity index (χ3n) is 2.93. The first-order chi connectivity index (χ1) is 7.07. The molecule has 4 nitrogen and oxygen atoms in total. The van der Waals surface area contributed by atoms with Gasteiger partial charge < -0.3 is 10.0 Å². The van der Waals surface area contributed by atoms with Crippen LogP contribution in [0.5, 0.6) is 0 Å². The molecule has 1 aliphatic rings. The van der Waals surface area contributed by atoms with Crippen LogP contribution in [0.1, 0.15) is 41.5 Å². The highest BCUT2D eigenvalue weighted by atomic mass is 16.3. The van der Waals surface area contributed by atoms with E-state index in [2.05, 4.69) is 5.32 Å². The molecule has 1 atom stereocenters. The molecule has 1 unspecified atom stereocenters. The van der Waals surface area contributed by atoms with Gasteiger partial charge in [-0.1, -0.05) is 13.8 Å². The van der Waals surface area contributed by atoms with Gasteiger partial charge in [0.1, 0.15) is 6.23 Å². The van der Waals surface area contributed by atoms with Gasteiger partial charge in [-0.15, -0.1) is 0 Å². The highest BCUT2D eigenvalue weighted by Crippen LogP contribution is 2.25. The van der Waals surface area contributed by atoms with E-state index in [9.17, 15) is 9.90 Å². The zero-order chi connectivity index (χ0) is 12.7. The average molecular weight is 228 g/mol. The Morgan fingerprint density at radius 3 is 2.25 bits per heavy atom. The van der Waals surface area contributed by atoms with Crippen LogP contribution in [0.3, 0.4) is 0 Å². The third kappa shape index (κ3) is 2.55. The molecule has 1 heterocycles. The largest absolute Gasteiger partial charge is 0.373 e. The molecule has 1 fully saturated rings. The highest BCUT2D eigenvalue weighted by molar-refractivity contribution is 5.86. The Morgan fingerprint density at radius 2 is 1.81 bits per heavy atom. The number of nitrogens with zero attached hydrogens (tertiary/aromatic N) is 1. The van der Waals surface area contributed by atoms with E-state index in [1.165, 1.54) is 0 Å². The summed E-state index contributed by atoms with van der Waals surface area (Å²) < 4.78 is 0.